The van der Waals surface area contributed by atoms with Crippen molar-refractivity contribution in [2.45, 2.75) is 6.92 Å². The molecule has 23 heavy (non-hydrogen) atoms. The van der Waals surface area contributed by atoms with Crippen LogP contribution in [0.2, 0.25) is 0 Å². The number of hydrogen-bond donors (Lipinski definition) is 3. The minimum Gasteiger partial charge on any atom is -0.355 e. The maximum absolute atomic E-state index is 13.4. The number of hydrogen-bond acceptors (Lipinski definition) is 3. The molecule has 0 spiro atoms. The Bertz CT molecular complexity index is 650. The first kappa shape index (κ1) is 21.6. The third-order valence-corrected chi connectivity index (χ3v) is 4.03. The van der Waals surface area contributed by atoms with Crippen LogP contribution in [0.4, 0.5) is 10.1 Å². The first-order chi connectivity index (χ1) is 10.4. The SMILES string of the molecule is C=CCNC(=NC)NCCS(=O)(=O)Nc1ccc(C)c(F)c1.I. The largest absolute Gasteiger partial charge is 0.355 e. The third-order valence-electron chi connectivity index (χ3n) is 2.75. The van der Waals surface area contributed by atoms with Gasteiger partial charge in [-0.15, -0.1) is 30.6 Å². The average Bonchev–Trinajstić information content (AvgIpc) is 2.46. The van der Waals surface area contributed by atoms with E-state index in [0.29, 0.717) is 18.1 Å². The van der Waals surface area contributed by atoms with Crippen LogP contribution >= 0.6 is 24.0 Å². The van der Waals surface area contributed by atoms with Crippen LogP contribution in [0.1, 0.15) is 5.56 Å². The third kappa shape index (κ3) is 8.16. The molecule has 0 radical (unpaired) electrons. The van der Waals surface area contributed by atoms with Crippen LogP contribution in [0.25, 0.3) is 0 Å². The van der Waals surface area contributed by atoms with Crippen LogP contribution in [0.5, 0.6) is 0 Å². The number of aryl methyl sites for hydroxylation is 1. The van der Waals surface area contributed by atoms with Gasteiger partial charge in [0.25, 0.3) is 0 Å². The summed E-state index contributed by atoms with van der Waals surface area (Å²) in [7, 11) is -1.99. The standard InChI is InChI=1S/C14H21FN4O2S.HI/c1-4-7-17-14(16-3)18-8-9-22(20,21)19-12-6-5-11(2)13(15)10-12;/h4-6,10,19H,1,7-9H2,2-3H3,(H2,16,17,18);1H. The fourth-order valence-corrected chi connectivity index (χ4v) is 2.54. The average molecular weight is 456 g/mol. The number of rotatable bonds is 7. The van der Waals surface area contributed by atoms with Gasteiger partial charge in [0.2, 0.25) is 10.0 Å². The maximum Gasteiger partial charge on any atom is 0.234 e. The molecule has 1 rings (SSSR count). The molecule has 0 unspecified atom stereocenters. The highest BCUT2D eigenvalue weighted by Crippen LogP contribution is 2.14. The van der Waals surface area contributed by atoms with Gasteiger partial charge in [-0.1, -0.05) is 12.1 Å². The number of nitrogens with one attached hydrogen (secondary N) is 3. The molecule has 0 aromatic heterocycles. The molecule has 0 atom stereocenters. The number of sulfonamides is 1. The lowest BCUT2D eigenvalue weighted by atomic mass is 10.2. The van der Waals surface area contributed by atoms with Gasteiger partial charge < -0.3 is 10.6 Å². The zero-order valence-corrected chi connectivity index (χ0v) is 16.2. The van der Waals surface area contributed by atoms with Crippen LogP contribution in [-0.4, -0.2) is 40.3 Å². The Morgan fingerprint density at radius 2 is 2.09 bits per heavy atom. The van der Waals surface area contributed by atoms with Crippen LogP contribution in [0.15, 0.2) is 35.8 Å². The Morgan fingerprint density at radius 3 is 2.65 bits per heavy atom. The topological polar surface area (TPSA) is 82.6 Å². The normalized spacial score (nSPS) is 11.3. The molecule has 1 aromatic rings. The summed E-state index contributed by atoms with van der Waals surface area (Å²) in [6.07, 6.45) is 1.66. The van der Waals surface area contributed by atoms with Gasteiger partial charge in [0, 0.05) is 20.1 Å². The van der Waals surface area contributed by atoms with E-state index in [-0.39, 0.29) is 42.0 Å². The van der Waals surface area contributed by atoms with Crippen molar-refractivity contribution in [3.8, 4) is 0 Å². The molecule has 9 heteroatoms. The Labute approximate surface area is 153 Å². The van der Waals surface area contributed by atoms with Gasteiger partial charge in [0.05, 0.1) is 11.4 Å². The minimum atomic E-state index is -3.57. The second-order valence-corrected chi connectivity index (χ2v) is 6.40. The lowest BCUT2D eigenvalue weighted by Gasteiger charge is -2.12. The number of nitrogens with zero attached hydrogens (tertiary/aromatic N) is 1. The molecule has 0 aliphatic heterocycles. The van der Waals surface area contributed by atoms with E-state index in [9.17, 15) is 12.8 Å². The molecule has 6 nitrogen and oxygen atoms in total. The molecule has 0 fully saturated rings. The van der Waals surface area contributed by atoms with Crippen molar-refractivity contribution in [2.75, 3.05) is 30.6 Å². The Balaban J connectivity index is 0.00000484. The molecule has 0 bridgehead atoms. The van der Waals surface area contributed by atoms with E-state index in [4.69, 9.17) is 0 Å². The fourth-order valence-electron chi connectivity index (χ4n) is 1.58. The van der Waals surface area contributed by atoms with Crippen LogP contribution < -0.4 is 15.4 Å². The monoisotopic (exact) mass is 456 g/mol. The summed E-state index contributed by atoms with van der Waals surface area (Å²) in [5.41, 5.74) is 0.666. The van der Waals surface area contributed by atoms with Gasteiger partial charge in [-0.2, -0.15) is 0 Å². The number of aliphatic imine (C=N–C) groups is 1. The van der Waals surface area contributed by atoms with Crippen molar-refractivity contribution < 1.29 is 12.8 Å². The molecule has 130 valence electrons. The zero-order chi connectivity index (χ0) is 16.6. The molecule has 0 aliphatic carbocycles. The van der Waals surface area contributed by atoms with E-state index in [1.54, 1.807) is 20.0 Å². The van der Waals surface area contributed by atoms with Gasteiger partial charge in [-0.05, 0) is 24.6 Å². The van der Waals surface area contributed by atoms with Gasteiger partial charge in [0.1, 0.15) is 5.82 Å². The summed E-state index contributed by atoms with van der Waals surface area (Å²) in [6, 6.07) is 4.20. The fraction of sp³-hybridized carbons (Fsp3) is 0.357. The first-order valence-corrected chi connectivity index (χ1v) is 8.35. The molecular formula is C14H22FIN4O2S. The van der Waals surface area contributed by atoms with E-state index in [0.717, 1.165) is 6.07 Å². The second kappa shape index (κ2) is 10.4. The predicted molar refractivity (Wildman–Crippen MR) is 104 cm³/mol. The van der Waals surface area contributed by atoms with Crippen molar-refractivity contribution in [2.24, 2.45) is 4.99 Å². The van der Waals surface area contributed by atoms with Crippen LogP contribution in [0.3, 0.4) is 0 Å². The van der Waals surface area contributed by atoms with Crippen molar-refractivity contribution in [3.63, 3.8) is 0 Å². The number of guanidine groups is 1. The number of halogens is 2. The summed E-state index contributed by atoms with van der Waals surface area (Å²) in [5, 5.41) is 5.79. The summed E-state index contributed by atoms with van der Waals surface area (Å²) in [4.78, 5) is 3.93. The maximum atomic E-state index is 13.4. The van der Waals surface area contributed by atoms with Crippen molar-refractivity contribution in [3.05, 3.63) is 42.2 Å². The van der Waals surface area contributed by atoms with E-state index in [2.05, 4.69) is 26.9 Å². The van der Waals surface area contributed by atoms with Crippen molar-refractivity contribution in [1.29, 1.82) is 0 Å². The molecule has 0 saturated heterocycles. The predicted octanol–water partition coefficient (Wildman–Crippen LogP) is 1.84. The van der Waals surface area contributed by atoms with Crippen LogP contribution in [0, 0.1) is 12.7 Å². The molecule has 0 saturated carbocycles. The molecule has 3 N–H and O–H groups in total. The van der Waals surface area contributed by atoms with E-state index in [1.807, 2.05) is 0 Å². The smallest absolute Gasteiger partial charge is 0.234 e. The molecule has 0 aliphatic rings. The highest BCUT2D eigenvalue weighted by molar-refractivity contribution is 14.0. The highest BCUT2D eigenvalue weighted by atomic mass is 127. The quantitative estimate of drug-likeness (QED) is 0.253. The molecule has 0 amide bonds. The Hall–Kier alpha value is -1.36. The van der Waals surface area contributed by atoms with E-state index in [1.165, 1.54) is 12.1 Å². The minimum absolute atomic E-state index is 0. The van der Waals surface area contributed by atoms with Gasteiger partial charge in [-0.3, -0.25) is 9.71 Å². The lowest BCUT2D eigenvalue weighted by molar-refractivity contribution is 0.599. The molecular weight excluding hydrogens is 434 g/mol. The van der Waals surface area contributed by atoms with Crippen LogP contribution in [-0.2, 0) is 10.0 Å². The van der Waals surface area contributed by atoms with Gasteiger partial charge in [-0.25, -0.2) is 12.8 Å². The Morgan fingerprint density at radius 1 is 1.39 bits per heavy atom. The number of benzene rings is 1. The van der Waals surface area contributed by atoms with Gasteiger partial charge in [0.15, 0.2) is 5.96 Å². The summed E-state index contributed by atoms with van der Waals surface area (Å²) < 4.78 is 39.6. The summed E-state index contributed by atoms with van der Waals surface area (Å²) in [5.74, 6) is -0.138. The van der Waals surface area contributed by atoms with Gasteiger partial charge >= 0.3 is 0 Å². The van der Waals surface area contributed by atoms with Crippen molar-refractivity contribution >= 4 is 45.6 Å². The van der Waals surface area contributed by atoms with Crippen molar-refractivity contribution in [1.82, 2.24) is 10.6 Å². The molecule has 1 aromatic carbocycles. The first-order valence-electron chi connectivity index (χ1n) is 6.70. The Kier molecular flexibility index (Phi) is 9.80. The summed E-state index contributed by atoms with van der Waals surface area (Å²) >= 11 is 0. The zero-order valence-electron chi connectivity index (χ0n) is 13.1. The lowest BCUT2D eigenvalue weighted by Crippen LogP contribution is -2.40. The second-order valence-electron chi connectivity index (χ2n) is 4.55. The summed E-state index contributed by atoms with van der Waals surface area (Å²) in [6.45, 7) is 5.86. The van der Waals surface area contributed by atoms with E-state index < -0.39 is 15.8 Å². The number of anilines is 1. The highest BCUT2D eigenvalue weighted by Gasteiger charge is 2.11. The molecule has 0 heterocycles. The van der Waals surface area contributed by atoms with E-state index >= 15 is 0 Å².